The summed E-state index contributed by atoms with van der Waals surface area (Å²) in [5.41, 5.74) is 2.05. The molecule has 0 amide bonds. The van der Waals surface area contributed by atoms with Crippen LogP contribution in [0.4, 0.5) is 0 Å². The van der Waals surface area contributed by atoms with Crippen LogP contribution in [0.25, 0.3) is 23.2 Å². The molecular weight excluding hydrogens is 318 g/mol. The number of esters is 1. The van der Waals surface area contributed by atoms with Crippen molar-refractivity contribution in [1.29, 1.82) is 0 Å². The lowest BCUT2D eigenvalue weighted by atomic mass is 10.2. The Morgan fingerprint density at radius 2 is 1.88 bits per heavy atom. The van der Waals surface area contributed by atoms with E-state index in [0.717, 1.165) is 5.56 Å². The van der Waals surface area contributed by atoms with E-state index in [2.05, 4.69) is 14.7 Å². The zero-order valence-corrected chi connectivity index (χ0v) is 14.0. The van der Waals surface area contributed by atoms with E-state index in [0.29, 0.717) is 17.0 Å². The number of hydrogen-bond donors (Lipinski definition) is 0. The van der Waals surface area contributed by atoms with Crippen molar-refractivity contribution >= 4 is 29.2 Å². The van der Waals surface area contributed by atoms with E-state index in [4.69, 9.17) is 0 Å². The largest absolute Gasteiger partial charge is 0.468 e. The Labute approximate surface area is 144 Å². The zero-order chi connectivity index (χ0) is 17.8. The van der Waals surface area contributed by atoms with Crippen molar-refractivity contribution < 1.29 is 9.53 Å². The number of hydrogen-bond acceptors (Lipinski definition) is 5. The van der Waals surface area contributed by atoms with Crippen LogP contribution in [0.3, 0.4) is 0 Å². The van der Waals surface area contributed by atoms with E-state index >= 15 is 0 Å². The van der Waals surface area contributed by atoms with Crippen molar-refractivity contribution in [2.24, 2.45) is 0 Å². The number of benzene rings is 1. The van der Waals surface area contributed by atoms with Gasteiger partial charge in [-0.1, -0.05) is 36.4 Å². The fourth-order valence-electron chi connectivity index (χ4n) is 2.44. The monoisotopic (exact) mass is 335 g/mol. The number of pyridine rings is 1. The summed E-state index contributed by atoms with van der Waals surface area (Å²) in [6.45, 7) is 1.49. The number of rotatable bonds is 4. The maximum absolute atomic E-state index is 12.7. The summed E-state index contributed by atoms with van der Waals surface area (Å²) < 4.78 is 5.90. The number of ether oxygens (including phenoxy) is 1. The molecule has 0 fully saturated rings. The molecule has 0 atom stereocenters. The van der Waals surface area contributed by atoms with Crippen molar-refractivity contribution in [3.05, 3.63) is 69.9 Å². The van der Waals surface area contributed by atoms with Gasteiger partial charge in [0.05, 0.1) is 18.3 Å². The molecule has 0 spiro atoms. The van der Waals surface area contributed by atoms with Gasteiger partial charge in [-0.2, -0.15) is 0 Å². The van der Waals surface area contributed by atoms with Crippen LogP contribution < -0.4 is 5.56 Å². The molecule has 1 aromatic carbocycles. The highest BCUT2D eigenvalue weighted by molar-refractivity contribution is 5.77. The molecule has 3 rings (SSSR count). The molecule has 2 aromatic heterocycles. The average molecular weight is 335 g/mol. The van der Waals surface area contributed by atoms with Gasteiger partial charge in [0.1, 0.15) is 12.4 Å². The minimum Gasteiger partial charge on any atom is -0.468 e. The summed E-state index contributed by atoms with van der Waals surface area (Å²) in [7, 11) is 1.28. The third kappa shape index (κ3) is 3.63. The smallest absolute Gasteiger partial charge is 0.325 e. The predicted molar refractivity (Wildman–Crippen MR) is 95.9 cm³/mol. The van der Waals surface area contributed by atoms with Crippen molar-refractivity contribution in [2.75, 3.05) is 7.11 Å². The average Bonchev–Trinajstić information content (AvgIpc) is 2.64. The first-order chi connectivity index (χ1) is 12.1. The summed E-state index contributed by atoms with van der Waals surface area (Å²) in [4.78, 5) is 32.9. The molecular formula is C19H17N3O3. The fraction of sp³-hybridized carbons (Fsp3) is 0.158. The topological polar surface area (TPSA) is 74.1 Å². The highest BCUT2D eigenvalue weighted by atomic mass is 16.5. The molecule has 0 saturated carbocycles. The second-order valence-electron chi connectivity index (χ2n) is 5.47. The Bertz CT molecular complexity index is 1010. The molecule has 3 aromatic rings. The third-order valence-electron chi connectivity index (χ3n) is 3.78. The van der Waals surface area contributed by atoms with Crippen LogP contribution in [0.5, 0.6) is 0 Å². The minimum atomic E-state index is -0.508. The third-order valence-corrected chi connectivity index (χ3v) is 3.78. The standard InChI is InChI=1S/C19H17N3O3/c1-13-20-16-11-10-15(9-8-14-6-4-3-5-7-14)21-18(16)19(24)22(13)12-17(23)25-2/h3-11H,12H2,1-2H3/b9-8+. The van der Waals surface area contributed by atoms with E-state index in [1.807, 2.05) is 42.5 Å². The first kappa shape index (κ1) is 16.6. The van der Waals surface area contributed by atoms with Gasteiger partial charge in [-0.15, -0.1) is 0 Å². The molecule has 0 aliphatic heterocycles. The summed E-state index contributed by atoms with van der Waals surface area (Å²) in [5, 5.41) is 0. The Kier molecular flexibility index (Phi) is 4.70. The summed E-state index contributed by atoms with van der Waals surface area (Å²) in [5.74, 6) is -0.0660. The maximum atomic E-state index is 12.7. The van der Waals surface area contributed by atoms with Gasteiger partial charge in [-0.05, 0) is 30.7 Å². The Balaban J connectivity index is 2.03. The number of carbonyl (C=O) groups excluding carboxylic acids is 1. The van der Waals surface area contributed by atoms with Crippen LogP contribution in [0.2, 0.25) is 0 Å². The highest BCUT2D eigenvalue weighted by Crippen LogP contribution is 2.11. The normalized spacial score (nSPS) is 11.1. The van der Waals surface area contributed by atoms with Gasteiger partial charge in [0, 0.05) is 0 Å². The van der Waals surface area contributed by atoms with Gasteiger partial charge in [-0.3, -0.25) is 14.2 Å². The first-order valence-electron chi connectivity index (χ1n) is 7.76. The van der Waals surface area contributed by atoms with Gasteiger partial charge >= 0.3 is 5.97 Å². The predicted octanol–water partition coefficient (Wildman–Crippen LogP) is 2.44. The van der Waals surface area contributed by atoms with Crippen LogP contribution in [-0.4, -0.2) is 27.6 Å². The van der Waals surface area contributed by atoms with Crippen LogP contribution in [-0.2, 0) is 16.1 Å². The Hall–Kier alpha value is -3.28. The van der Waals surface area contributed by atoms with Gasteiger partial charge in [-0.25, -0.2) is 9.97 Å². The number of nitrogens with zero attached hydrogens (tertiary/aromatic N) is 3. The van der Waals surface area contributed by atoms with E-state index in [-0.39, 0.29) is 17.6 Å². The molecule has 0 N–H and O–H groups in total. The molecule has 126 valence electrons. The molecule has 0 saturated heterocycles. The lowest BCUT2D eigenvalue weighted by Gasteiger charge is -2.09. The van der Waals surface area contributed by atoms with Crippen molar-refractivity contribution in [3.8, 4) is 0 Å². The van der Waals surface area contributed by atoms with Crippen molar-refractivity contribution in [2.45, 2.75) is 13.5 Å². The van der Waals surface area contributed by atoms with Crippen molar-refractivity contribution in [1.82, 2.24) is 14.5 Å². The van der Waals surface area contributed by atoms with Crippen LogP contribution >= 0.6 is 0 Å². The van der Waals surface area contributed by atoms with E-state index in [1.54, 1.807) is 19.1 Å². The molecule has 25 heavy (non-hydrogen) atoms. The first-order valence-corrected chi connectivity index (χ1v) is 7.76. The Morgan fingerprint density at radius 3 is 2.60 bits per heavy atom. The van der Waals surface area contributed by atoms with Gasteiger partial charge in [0.25, 0.3) is 5.56 Å². The number of methoxy groups -OCH3 is 1. The Morgan fingerprint density at radius 1 is 1.12 bits per heavy atom. The lowest BCUT2D eigenvalue weighted by molar-refractivity contribution is -0.141. The van der Waals surface area contributed by atoms with Crippen molar-refractivity contribution in [3.63, 3.8) is 0 Å². The quantitative estimate of drug-likeness (QED) is 0.685. The molecule has 0 unspecified atom stereocenters. The van der Waals surface area contributed by atoms with E-state index in [1.165, 1.54) is 11.7 Å². The van der Waals surface area contributed by atoms with Crippen LogP contribution in [0.1, 0.15) is 17.1 Å². The van der Waals surface area contributed by atoms with Gasteiger partial charge < -0.3 is 4.74 Å². The SMILES string of the molecule is COC(=O)Cn1c(C)nc2ccc(/C=C/c3ccccc3)nc2c1=O. The van der Waals surface area contributed by atoms with E-state index < -0.39 is 5.97 Å². The molecule has 6 nitrogen and oxygen atoms in total. The second-order valence-corrected chi connectivity index (χ2v) is 5.47. The molecule has 2 heterocycles. The second kappa shape index (κ2) is 7.09. The van der Waals surface area contributed by atoms with E-state index in [9.17, 15) is 9.59 Å². The molecule has 0 bridgehead atoms. The highest BCUT2D eigenvalue weighted by Gasteiger charge is 2.12. The summed E-state index contributed by atoms with van der Waals surface area (Å²) in [6, 6.07) is 13.4. The zero-order valence-electron chi connectivity index (χ0n) is 14.0. The molecule has 0 aliphatic carbocycles. The van der Waals surface area contributed by atoms with Crippen LogP contribution in [0.15, 0.2) is 47.3 Å². The number of carbonyl (C=O) groups is 1. The lowest BCUT2D eigenvalue weighted by Crippen LogP contribution is -2.28. The van der Waals surface area contributed by atoms with Crippen LogP contribution in [0, 0.1) is 6.92 Å². The fourth-order valence-corrected chi connectivity index (χ4v) is 2.44. The summed E-state index contributed by atoms with van der Waals surface area (Å²) >= 11 is 0. The maximum Gasteiger partial charge on any atom is 0.325 e. The van der Waals surface area contributed by atoms with Gasteiger partial charge in [0.2, 0.25) is 0 Å². The molecule has 0 radical (unpaired) electrons. The number of aryl methyl sites for hydroxylation is 1. The minimum absolute atomic E-state index is 0.185. The molecule has 6 heteroatoms. The number of aromatic nitrogens is 3. The van der Waals surface area contributed by atoms with Gasteiger partial charge in [0.15, 0.2) is 5.52 Å². The number of fused-ring (bicyclic) bond motifs is 1. The molecule has 0 aliphatic rings. The summed E-state index contributed by atoms with van der Waals surface area (Å²) in [6.07, 6.45) is 3.75.